The van der Waals surface area contributed by atoms with Gasteiger partial charge < -0.3 is 20.0 Å². The number of nitrogens with zero attached hydrogens (tertiary/aromatic N) is 3. The number of amides is 1. The van der Waals surface area contributed by atoms with Gasteiger partial charge in [-0.15, -0.1) is 0 Å². The summed E-state index contributed by atoms with van der Waals surface area (Å²) in [6.45, 7) is 3.56. The van der Waals surface area contributed by atoms with Gasteiger partial charge in [-0.05, 0) is 36.8 Å². The number of aryl methyl sites for hydroxylation is 1. The normalized spacial score (nSPS) is 14.2. The van der Waals surface area contributed by atoms with Crippen LogP contribution in [0.15, 0.2) is 53.1 Å². The van der Waals surface area contributed by atoms with Gasteiger partial charge in [0.05, 0.1) is 5.69 Å². The number of pyridine rings is 1. The lowest BCUT2D eigenvalue weighted by Gasteiger charge is -2.24. The van der Waals surface area contributed by atoms with Crippen LogP contribution in [0.1, 0.15) is 5.56 Å². The number of nitrogens with one attached hydrogen (secondary N) is 2. The molecular weight excluding hydrogens is 330 g/mol. The van der Waals surface area contributed by atoms with E-state index in [-0.39, 0.29) is 12.5 Å². The van der Waals surface area contributed by atoms with Gasteiger partial charge in [-0.1, -0.05) is 18.2 Å². The molecule has 1 aliphatic rings. The van der Waals surface area contributed by atoms with Crippen LogP contribution < -0.4 is 15.5 Å². The fraction of sp³-hybridized carbons (Fsp3) is 0.211. The van der Waals surface area contributed by atoms with Gasteiger partial charge in [-0.3, -0.25) is 4.79 Å². The molecule has 0 atom stereocenters. The maximum atomic E-state index is 11.5. The monoisotopic (exact) mass is 349 g/mol. The Labute approximate surface area is 151 Å². The lowest BCUT2D eigenvalue weighted by Crippen LogP contribution is -2.47. The molecule has 2 N–H and O–H groups in total. The molecule has 132 valence electrons. The first kappa shape index (κ1) is 16.1. The van der Waals surface area contributed by atoms with Crippen LogP contribution in [-0.4, -0.2) is 35.5 Å². The third-order valence-electron chi connectivity index (χ3n) is 4.10. The zero-order chi connectivity index (χ0) is 17.9. The van der Waals surface area contributed by atoms with E-state index in [1.807, 2.05) is 48.2 Å². The molecule has 3 aromatic rings. The number of anilines is 3. The summed E-state index contributed by atoms with van der Waals surface area (Å²) in [6.07, 6.45) is 1.57. The number of carbonyl (C=O) groups excluding carboxylic acids is 1. The Hall–Kier alpha value is -3.35. The van der Waals surface area contributed by atoms with Crippen LogP contribution in [0.25, 0.3) is 11.4 Å². The third kappa shape index (κ3) is 3.51. The summed E-state index contributed by atoms with van der Waals surface area (Å²) >= 11 is 0. The van der Waals surface area contributed by atoms with E-state index in [0.29, 0.717) is 30.5 Å². The lowest BCUT2D eigenvalue weighted by molar-refractivity contribution is -0.120. The van der Waals surface area contributed by atoms with E-state index >= 15 is 0 Å². The molecule has 0 radical (unpaired) electrons. The Bertz CT molecular complexity index is 937. The zero-order valence-corrected chi connectivity index (χ0v) is 14.4. The fourth-order valence-corrected chi connectivity index (χ4v) is 2.85. The van der Waals surface area contributed by atoms with Crippen LogP contribution in [0.4, 0.5) is 17.5 Å². The van der Waals surface area contributed by atoms with Crippen molar-refractivity contribution in [2.75, 3.05) is 29.9 Å². The molecule has 0 spiro atoms. The van der Waals surface area contributed by atoms with Crippen molar-refractivity contribution in [3.05, 3.63) is 54.3 Å². The fourth-order valence-electron chi connectivity index (χ4n) is 2.85. The highest BCUT2D eigenvalue weighted by Crippen LogP contribution is 2.24. The molecule has 0 aliphatic carbocycles. The van der Waals surface area contributed by atoms with Crippen molar-refractivity contribution in [3.8, 4) is 11.4 Å². The van der Waals surface area contributed by atoms with Crippen molar-refractivity contribution in [3.63, 3.8) is 0 Å². The van der Waals surface area contributed by atoms with Crippen LogP contribution in [0.2, 0.25) is 0 Å². The Kier molecular flexibility index (Phi) is 4.27. The smallest absolute Gasteiger partial charge is 0.298 e. The number of oxazole rings is 1. The van der Waals surface area contributed by atoms with Crippen LogP contribution in [-0.2, 0) is 4.79 Å². The summed E-state index contributed by atoms with van der Waals surface area (Å²) in [5.74, 6) is 0.702. The molecular formula is C19H19N5O2. The second-order valence-electron chi connectivity index (χ2n) is 6.19. The highest BCUT2D eigenvalue weighted by molar-refractivity contribution is 5.81. The predicted octanol–water partition coefficient (Wildman–Crippen LogP) is 2.72. The van der Waals surface area contributed by atoms with Gasteiger partial charge >= 0.3 is 0 Å². The molecule has 3 heterocycles. The van der Waals surface area contributed by atoms with Crippen LogP contribution in [0.3, 0.4) is 0 Å². The lowest BCUT2D eigenvalue weighted by atomic mass is 10.2. The second kappa shape index (κ2) is 6.87. The summed E-state index contributed by atoms with van der Waals surface area (Å²) < 4.78 is 5.56. The summed E-state index contributed by atoms with van der Waals surface area (Å²) in [4.78, 5) is 22.4. The average molecular weight is 349 g/mol. The first-order valence-electron chi connectivity index (χ1n) is 8.46. The topological polar surface area (TPSA) is 83.3 Å². The highest BCUT2D eigenvalue weighted by atomic mass is 16.4. The number of carbonyl (C=O) groups is 1. The van der Waals surface area contributed by atoms with E-state index in [4.69, 9.17) is 4.42 Å². The standard InChI is InChI=1S/C19H19N5O2/c1-13-4-2-5-14(10-13)21-17-7-3-6-15(22-17)16-12-26-19(23-16)24-9-8-20-18(25)11-24/h2-7,10,12H,8-9,11H2,1H3,(H,20,25)(H,21,22). The van der Waals surface area contributed by atoms with Gasteiger partial charge in [0.2, 0.25) is 5.91 Å². The summed E-state index contributed by atoms with van der Waals surface area (Å²) in [6, 6.07) is 14.2. The third-order valence-corrected chi connectivity index (χ3v) is 4.10. The second-order valence-corrected chi connectivity index (χ2v) is 6.19. The van der Waals surface area contributed by atoms with Crippen molar-refractivity contribution in [1.82, 2.24) is 15.3 Å². The molecule has 1 amide bonds. The molecule has 4 rings (SSSR count). The Morgan fingerprint density at radius 3 is 2.88 bits per heavy atom. The molecule has 0 saturated carbocycles. The maximum Gasteiger partial charge on any atom is 0.298 e. The predicted molar refractivity (Wildman–Crippen MR) is 99.4 cm³/mol. The minimum Gasteiger partial charge on any atom is -0.431 e. The van der Waals surface area contributed by atoms with Gasteiger partial charge in [0.25, 0.3) is 6.01 Å². The Morgan fingerprint density at radius 2 is 2.04 bits per heavy atom. The molecule has 1 fully saturated rings. The maximum absolute atomic E-state index is 11.5. The molecule has 1 aromatic carbocycles. The molecule has 1 aliphatic heterocycles. The molecule has 1 saturated heterocycles. The summed E-state index contributed by atoms with van der Waals surface area (Å²) in [5, 5.41) is 6.08. The number of aromatic nitrogens is 2. The van der Waals surface area contributed by atoms with Gasteiger partial charge in [-0.2, -0.15) is 4.98 Å². The SMILES string of the molecule is Cc1cccc(Nc2cccc(-c3coc(N4CCNC(=O)C4)n3)n2)c1. The first-order chi connectivity index (χ1) is 12.7. The van der Waals surface area contributed by atoms with Crippen molar-refractivity contribution in [1.29, 1.82) is 0 Å². The largest absolute Gasteiger partial charge is 0.431 e. The summed E-state index contributed by atoms with van der Waals surface area (Å²) in [5.41, 5.74) is 3.51. The number of piperazine rings is 1. The molecule has 26 heavy (non-hydrogen) atoms. The van der Waals surface area contributed by atoms with Crippen LogP contribution in [0, 0.1) is 6.92 Å². The highest BCUT2D eigenvalue weighted by Gasteiger charge is 2.21. The van der Waals surface area contributed by atoms with E-state index in [1.54, 1.807) is 6.26 Å². The van der Waals surface area contributed by atoms with Gasteiger partial charge in [0, 0.05) is 18.8 Å². The molecule has 7 nitrogen and oxygen atoms in total. The van der Waals surface area contributed by atoms with E-state index < -0.39 is 0 Å². The minimum atomic E-state index is -0.0292. The van der Waals surface area contributed by atoms with Crippen molar-refractivity contribution < 1.29 is 9.21 Å². The van der Waals surface area contributed by atoms with Crippen molar-refractivity contribution >= 4 is 23.4 Å². The van der Waals surface area contributed by atoms with Gasteiger partial charge in [0.15, 0.2) is 0 Å². The summed E-state index contributed by atoms with van der Waals surface area (Å²) in [7, 11) is 0. The molecule has 0 bridgehead atoms. The van der Waals surface area contributed by atoms with E-state index in [2.05, 4.69) is 26.7 Å². The quantitative estimate of drug-likeness (QED) is 0.753. The molecule has 7 heteroatoms. The van der Waals surface area contributed by atoms with E-state index in [1.165, 1.54) is 5.56 Å². The Morgan fingerprint density at radius 1 is 1.15 bits per heavy atom. The van der Waals surface area contributed by atoms with Gasteiger partial charge in [0.1, 0.15) is 24.3 Å². The van der Waals surface area contributed by atoms with Crippen molar-refractivity contribution in [2.45, 2.75) is 6.92 Å². The average Bonchev–Trinajstić information content (AvgIpc) is 3.12. The van der Waals surface area contributed by atoms with Crippen molar-refractivity contribution in [2.24, 2.45) is 0 Å². The molecule has 2 aromatic heterocycles. The van der Waals surface area contributed by atoms with E-state index in [9.17, 15) is 4.79 Å². The number of rotatable bonds is 4. The Balaban J connectivity index is 1.54. The first-order valence-corrected chi connectivity index (χ1v) is 8.46. The zero-order valence-electron chi connectivity index (χ0n) is 14.4. The van der Waals surface area contributed by atoms with Gasteiger partial charge in [-0.25, -0.2) is 4.98 Å². The molecule has 0 unspecified atom stereocenters. The van der Waals surface area contributed by atoms with E-state index in [0.717, 1.165) is 11.5 Å². The van der Waals surface area contributed by atoms with Crippen LogP contribution >= 0.6 is 0 Å². The number of hydrogen-bond acceptors (Lipinski definition) is 6. The number of benzene rings is 1. The van der Waals surface area contributed by atoms with Crippen LogP contribution in [0.5, 0.6) is 0 Å². The number of hydrogen-bond donors (Lipinski definition) is 2. The minimum absolute atomic E-state index is 0.0292.